The summed E-state index contributed by atoms with van der Waals surface area (Å²) in [4.78, 5) is 0.145. The summed E-state index contributed by atoms with van der Waals surface area (Å²) in [5.74, 6) is 0.377. The molecule has 0 spiro atoms. The van der Waals surface area contributed by atoms with Gasteiger partial charge in [0.2, 0.25) is 0 Å². The van der Waals surface area contributed by atoms with Gasteiger partial charge < -0.3 is 4.18 Å². The van der Waals surface area contributed by atoms with Gasteiger partial charge in [0.05, 0.1) is 6.26 Å². The molecule has 0 aliphatic rings. The maximum atomic E-state index is 11.4. The van der Waals surface area contributed by atoms with Crippen molar-refractivity contribution in [1.82, 2.24) is 0 Å². The van der Waals surface area contributed by atoms with Crippen LogP contribution in [0.2, 0.25) is 0 Å². The van der Waals surface area contributed by atoms with E-state index in [2.05, 4.69) is 10.8 Å². The molecule has 0 amide bonds. The summed E-state index contributed by atoms with van der Waals surface area (Å²) in [7, 11) is -3.67. The minimum atomic E-state index is -3.67. The average Bonchev–Trinajstić information content (AvgIpc) is 2.18. The summed E-state index contributed by atoms with van der Waals surface area (Å²) in [6.45, 7) is 7.31. The highest BCUT2D eigenvalue weighted by atomic mass is 32.2. The van der Waals surface area contributed by atoms with Crippen LogP contribution in [-0.4, -0.2) is 8.42 Å². The van der Waals surface area contributed by atoms with E-state index >= 15 is 0 Å². The van der Waals surface area contributed by atoms with Gasteiger partial charge in [0.1, 0.15) is 4.90 Å². The Morgan fingerprint density at radius 2 is 1.80 bits per heavy atom. The van der Waals surface area contributed by atoms with Gasteiger partial charge in [-0.1, -0.05) is 32.6 Å². The molecule has 4 heteroatoms. The van der Waals surface area contributed by atoms with E-state index in [1.165, 1.54) is 12.1 Å². The average molecular weight is 226 g/mol. The second kappa shape index (κ2) is 4.49. The molecule has 0 bridgehead atoms. The Balaban J connectivity index is 3.04. The molecule has 0 saturated carbocycles. The molecule has 1 aromatic carbocycles. The van der Waals surface area contributed by atoms with Gasteiger partial charge in [0.15, 0.2) is 0 Å². The number of benzene rings is 1. The van der Waals surface area contributed by atoms with Gasteiger partial charge in [0, 0.05) is 0 Å². The first-order chi connectivity index (χ1) is 6.97. The first-order valence-electron chi connectivity index (χ1n) is 4.61. The monoisotopic (exact) mass is 226 g/mol. The molecule has 0 aliphatic heterocycles. The molecule has 3 nitrogen and oxygen atoms in total. The van der Waals surface area contributed by atoms with Gasteiger partial charge in [-0.05, 0) is 23.6 Å². The standard InChI is InChI=1S/C11H14O3S/c1-4-14-15(12,13)11-7-5-10(6-8-11)9(2)3/h4-9H,1H2,2-3H3. The molecule has 0 N–H and O–H groups in total. The van der Waals surface area contributed by atoms with Crippen LogP contribution in [0.5, 0.6) is 0 Å². The number of hydrogen-bond acceptors (Lipinski definition) is 3. The minimum absolute atomic E-state index is 0.145. The Kier molecular flexibility index (Phi) is 3.52. The Hall–Kier alpha value is -1.29. The van der Waals surface area contributed by atoms with E-state index < -0.39 is 10.1 Å². The van der Waals surface area contributed by atoms with Crippen molar-refractivity contribution in [3.05, 3.63) is 42.7 Å². The van der Waals surface area contributed by atoms with Crippen molar-refractivity contribution in [2.24, 2.45) is 0 Å². The van der Waals surface area contributed by atoms with Gasteiger partial charge >= 0.3 is 10.1 Å². The summed E-state index contributed by atoms with van der Waals surface area (Å²) < 4.78 is 27.3. The summed E-state index contributed by atoms with van der Waals surface area (Å²) in [5.41, 5.74) is 1.09. The minimum Gasteiger partial charge on any atom is -0.388 e. The maximum Gasteiger partial charge on any atom is 0.338 e. The topological polar surface area (TPSA) is 43.4 Å². The molecule has 0 atom stereocenters. The van der Waals surface area contributed by atoms with Crippen LogP contribution in [0.4, 0.5) is 0 Å². The lowest BCUT2D eigenvalue weighted by molar-refractivity contribution is 0.444. The molecule has 1 aromatic rings. The lowest BCUT2D eigenvalue weighted by atomic mass is 10.0. The van der Waals surface area contributed by atoms with Crippen LogP contribution in [0.25, 0.3) is 0 Å². The second-order valence-electron chi connectivity index (χ2n) is 3.44. The Bertz CT molecular complexity index is 429. The largest absolute Gasteiger partial charge is 0.388 e. The molecule has 0 aliphatic carbocycles. The normalized spacial score (nSPS) is 11.4. The van der Waals surface area contributed by atoms with E-state index in [9.17, 15) is 8.42 Å². The molecule has 0 fully saturated rings. The van der Waals surface area contributed by atoms with Gasteiger partial charge in [-0.2, -0.15) is 8.42 Å². The Morgan fingerprint density at radius 3 is 2.20 bits per heavy atom. The van der Waals surface area contributed by atoms with Crippen molar-refractivity contribution in [2.75, 3.05) is 0 Å². The fourth-order valence-corrected chi connectivity index (χ4v) is 1.92. The Morgan fingerprint density at radius 1 is 1.27 bits per heavy atom. The zero-order valence-corrected chi connectivity index (χ0v) is 9.62. The number of hydrogen-bond donors (Lipinski definition) is 0. The molecule has 82 valence electrons. The molecule has 0 radical (unpaired) electrons. The highest BCUT2D eigenvalue weighted by Crippen LogP contribution is 2.18. The molecule has 1 rings (SSSR count). The maximum absolute atomic E-state index is 11.4. The smallest absolute Gasteiger partial charge is 0.338 e. The molecule has 0 unspecified atom stereocenters. The van der Waals surface area contributed by atoms with Gasteiger partial charge in [-0.25, -0.2) is 0 Å². The molecule has 0 aromatic heterocycles. The SMILES string of the molecule is C=COS(=O)(=O)c1ccc(C(C)C)cc1. The third-order valence-electron chi connectivity index (χ3n) is 2.03. The second-order valence-corrected chi connectivity index (χ2v) is 5.01. The third kappa shape index (κ3) is 2.83. The van der Waals surface area contributed by atoms with Crippen LogP contribution in [0.15, 0.2) is 42.0 Å². The van der Waals surface area contributed by atoms with E-state index in [4.69, 9.17) is 0 Å². The van der Waals surface area contributed by atoms with Gasteiger partial charge in [-0.3, -0.25) is 0 Å². The van der Waals surface area contributed by atoms with E-state index in [0.717, 1.165) is 11.8 Å². The molecule has 15 heavy (non-hydrogen) atoms. The molecular formula is C11H14O3S. The van der Waals surface area contributed by atoms with E-state index in [1.807, 2.05) is 13.8 Å². The zero-order chi connectivity index (χ0) is 11.5. The predicted octanol–water partition coefficient (Wildman–Crippen LogP) is 2.66. The highest BCUT2D eigenvalue weighted by Gasteiger charge is 2.13. The first kappa shape index (κ1) is 11.8. The molecule has 0 saturated heterocycles. The summed E-state index contributed by atoms with van der Waals surface area (Å²) in [5, 5.41) is 0. The highest BCUT2D eigenvalue weighted by molar-refractivity contribution is 7.86. The van der Waals surface area contributed by atoms with Crippen LogP contribution in [-0.2, 0) is 14.3 Å². The lowest BCUT2D eigenvalue weighted by Crippen LogP contribution is -2.02. The van der Waals surface area contributed by atoms with Crippen molar-refractivity contribution < 1.29 is 12.6 Å². The predicted molar refractivity (Wildman–Crippen MR) is 59.0 cm³/mol. The van der Waals surface area contributed by atoms with Crippen molar-refractivity contribution >= 4 is 10.1 Å². The Labute approximate surface area is 90.5 Å². The van der Waals surface area contributed by atoms with E-state index in [-0.39, 0.29) is 4.90 Å². The van der Waals surface area contributed by atoms with Crippen LogP contribution < -0.4 is 0 Å². The zero-order valence-electron chi connectivity index (χ0n) is 8.80. The van der Waals surface area contributed by atoms with Gasteiger partial charge in [-0.15, -0.1) is 0 Å². The number of rotatable bonds is 4. The van der Waals surface area contributed by atoms with Crippen molar-refractivity contribution in [2.45, 2.75) is 24.7 Å². The van der Waals surface area contributed by atoms with Crippen LogP contribution >= 0.6 is 0 Å². The van der Waals surface area contributed by atoms with Crippen LogP contribution in [0.3, 0.4) is 0 Å². The summed E-state index contributed by atoms with van der Waals surface area (Å²) in [6, 6.07) is 6.64. The van der Waals surface area contributed by atoms with Gasteiger partial charge in [0.25, 0.3) is 0 Å². The quantitative estimate of drug-likeness (QED) is 0.585. The van der Waals surface area contributed by atoms with Crippen molar-refractivity contribution in [3.63, 3.8) is 0 Å². The van der Waals surface area contributed by atoms with Crippen LogP contribution in [0, 0.1) is 0 Å². The summed E-state index contributed by atoms with van der Waals surface area (Å²) >= 11 is 0. The molecule has 0 heterocycles. The van der Waals surface area contributed by atoms with Crippen molar-refractivity contribution in [1.29, 1.82) is 0 Å². The van der Waals surface area contributed by atoms with Crippen LogP contribution in [0.1, 0.15) is 25.3 Å². The molecular weight excluding hydrogens is 212 g/mol. The van der Waals surface area contributed by atoms with Crippen molar-refractivity contribution in [3.8, 4) is 0 Å². The first-order valence-corrected chi connectivity index (χ1v) is 6.02. The van der Waals surface area contributed by atoms with E-state index in [0.29, 0.717) is 5.92 Å². The third-order valence-corrected chi connectivity index (χ3v) is 3.27. The summed E-state index contributed by atoms with van der Waals surface area (Å²) in [6.07, 6.45) is 0.908. The fourth-order valence-electron chi connectivity index (χ4n) is 1.16. The fraction of sp³-hybridized carbons (Fsp3) is 0.273. The lowest BCUT2D eigenvalue weighted by Gasteiger charge is -2.06. The van der Waals surface area contributed by atoms with E-state index in [1.54, 1.807) is 12.1 Å².